The minimum Gasteiger partial charge on any atom is -0.297 e. The van der Waals surface area contributed by atoms with Crippen LogP contribution in [0.3, 0.4) is 0 Å². The van der Waals surface area contributed by atoms with E-state index in [4.69, 9.17) is 0 Å². The SMILES string of the molecule is CC(CBr)CN1C2CCC1CC2. The molecule has 0 N–H and O–H groups in total. The van der Waals surface area contributed by atoms with Crippen LogP contribution in [0.15, 0.2) is 0 Å². The Bertz CT molecular complexity index is 140. The van der Waals surface area contributed by atoms with Gasteiger partial charge in [0, 0.05) is 24.0 Å². The van der Waals surface area contributed by atoms with Crippen molar-refractivity contribution in [3.05, 3.63) is 0 Å². The topological polar surface area (TPSA) is 3.24 Å². The molecule has 0 spiro atoms. The van der Waals surface area contributed by atoms with Gasteiger partial charge in [0.2, 0.25) is 0 Å². The summed E-state index contributed by atoms with van der Waals surface area (Å²) >= 11 is 3.56. The molecule has 1 unspecified atom stereocenters. The van der Waals surface area contributed by atoms with Gasteiger partial charge in [-0.25, -0.2) is 0 Å². The van der Waals surface area contributed by atoms with Crippen LogP contribution in [0.2, 0.25) is 0 Å². The molecule has 2 saturated heterocycles. The number of nitrogens with zero attached hydrogens (tertiary/aromatic N) is 1. The lowest BCUT2D eigenvalue weighted by Crippen LogP contribution is -2.33. The first-order valence-corrected chi connectivity index (χ1v) is 6.25. The van der Waals surface area contributed by atoms with Gasteiger partial charge in [-0.1, -0.05) is 22.9 Å². The highest BCUT2D eigenvalue weighted by atomic mass is 79.9. The van der Waals surface area contributed by atoms with Gasteiger partial charge in [-0.15, -0.1) is 0 Å². The molecule has 1 atom stereocenters. The van der Waals surface area contributed by atoms with E-state index >= 15 is 0 Å². The van der Waals surface area contributed by atoms with Gasteiger partial charge >= 0.3 is 0 Å². The summed E-state index contributed by atoms with van der Waals surface area (Å²) in [5.41, 5.74) is 0. The molecule has 0 aromatic rings. The van der Waals surface area contributed by atoms with Gasteiger partial charge in [-0.3, -0.25) is 4.90 Å². The third-order valence-electron chi connectivity index (χ3n) is 3.39. The first kappa shape index (κ1) is 9.01. The molecule has 70 valence electrons. The quantitative estimate of drug-likeness (QED) is 0.676. The monoisotopic (exact) mass is 231 g/mol. The van der Waals surface area contributed by atoms with Crippen LogP contribution in [0.25, 0.3) is 0 Å². The number of alkyl halides is 1. The van der Waals surface area contributed by atoms with E-state index < -0.39 is 0 Å². The van der Waals surface area contributed by atoms with Gasteiger partial charge in [0.25, 0.3) is 0 Å². The molecule has 2 rings (SSSR count). The summed E-state index contributed by atoms with van der Waals surface area (Å²) in [6, 6.07) is 1.91. The van der Waals surface area contributed by atoms with Crippen LogP contribution in [0.5, 0.6) is 0 Å². The van der Waals surface area contributed by atoms with E-state index in [1.54, 1.807) is 0 Å². The van der Waals surface area contributed by atoms with Crippen LogP contribution < -0.4 is 0 Å². The van der Waals surface area contributed by atoms with Crippen molar-refractivity contribution in [2.45, 2.75) is 44.7 Å². The van der Waals surface area contributed by atoms with E-state index in [0.29, 0.717) is 0 Å². The molecule has 2 aliphatic rings. The molecule has 2 aliphatic heterocycles. The second-order valence-corrected chi connectivity index (χ2v) is 5.07. The lowest BCUT2D eigenvalue weighted by molar-refractivity contribution is 0.226. The highest BCUT2D eigenvalue weighted by molar-refractivity contribution is 9.09. The van der Waals surface area contributed by atoms with Crippen LogP contribution in [0, 0.1) is 5.92 Å². The Kier molecular flexibility index (Phi) is 2.75. The molecule has 2 heteroatoms. The number of rotatable bonds is 3. The van der Waals surface area contributed by atoms with Crippen LogP contribution in [-0.4, -0.2) is 28.9 Å². The van der Waals surface area contributed by atoms with E-state index in [1.165, 1.54) is 32.2 Å². The maximum atomic E-state index is 3.56. The minimum absolute atomic E-state index is 0.825. The van der Waals surface area contributed by atoms with Gasteiger partial charge in [0.1, 0.15) is 0 Å². The van der Waals surface area contributed by atoms with Crippen LogP contribution in [-0.2, 0) is 0 Å². The predicted molar refractivity (Wildman–Crippen MR) is 55.7 cm³/mol. The zero-order valence-corrected chi connectivity index (χ0v) is 9.39. The Morgan fingerprint density at radius 2 is 1.75 bits per heavy atom. The fraction of sp³-hybridized carbons (Fsp3) is 1.00. The van der Waals surface area contributed by atoms with Crippen molar-refractivity contribution < 1.29 is 0 Å². The molecule has 12 heavy (non-hydrogen) atoms. The normalized spacial score (nSPS) is 37.5. The fourth-order valence-corrected chi connectivity index (χ4v) is 2.93. The van der Waals surface area contributed by atoms with E-state index in [9.17, 15) is 0 Å². The molecule has 2 heterocycles. The molecule has 0 aliphatic carbocycles. The van der Waals surface area contributed by atoms with Gasteiger partial charge < -0.3 is 0 Å². The van der Waals surface area contributed by atoms with Gasteiger partial charge in [0.15, 0.2) is 0 Å². The molecule has 1 nitrogen and oxygen atoms in total. The van der Waals surface area contributed by atoms with Crippen LogP contribution >= 0.6 is 15.9 Å². The van der Waals surface area contributed by atoms with Gasteiger partial charge in [-0.05, 0) is 31.6 Å². The number of fused-ring (bicyclic) bond motifs is 2. The molecule has 0 amide bonds. The van der Waals surface area contributed by atoms with Crippen molar-refractivity contribution in [1.29, 1.82) is 0 Å². The van der Waals surface area contributed by atoms with Crippen molar-refractivity contribution in [3.8, 4) is 0 Å². The summed E-state index contributed by atoms with van der Waals surface area (Å²) in [6.07, 6.45) is 5.89. The average Bonchev–Trinajstić information content (AvgIpc) is 2.65. The number of hydrogen-bond acceptors (Lipinski definition) is 1. The maximum absolute atomic E-state index is 3.56. The van der Waals surface area contributed by atoms with Crippen LogP contribution in [0.4, 0.5) is 0 Å². The second-order valence-electron chi connectivity index (χ2n) is 4.42. The Labute approximate surface area is 83.6 Å². The summed E-state index contributed by atoms with van der Waals surface area (Å²) in [5, 5.41) is 1.16. The predicted octanol–water partition coefficient (Wildman–Crippen LogP) is 2.64. The highest BCUT2D eigenvalue weighted by Gasteiger charge is 2.39. The average molecular weight is 232 g/mol. The standard InChI is InChI=1S/C10H18BrN/c1-8(6-11)7-12-9-2-3-10(12)5-4-9/h8-10H,2-7H2,1H3. The molecular weight excluding hydrogens is 214 g/mol. The van der Waals surface area contributed by atoms with E-state index in [0.717, 1.165) is 23.3 Å². The molecule has 0 aromatic carbocycles. The molecule has 0 radical (unpaired) electrons. The maximum Gasteiger partial charge on any atom is 0.00994 e. The summed E-state index contributed by atoms with van der Waals surface area (Å²) < 4.78 is 0. The van der Waals surface area contributed by atoms with Crippen molar-refractivity contribution >= 4 is 15.9 Å². The lowest BCUT2D eigenvalue weighted by atomic mass is 10.0. The Morgan fingerprint density at radius 1 is 1.25 bits per heavy atom. The van der Waals surface area contributed by atoms with Crippen molar-refractivity contribution in [2.24, 2.45) is 5.92 Å². The van der Waals surface area contributed by atoms with Gasteiger partial charge in [0.05, 0.1) is 0 Å². The largest absolute Gasteiger partial charge is 0.297 e. The first-order chi connectivity index (χ1) is 5.81. The Morgan fingerprint density at radius 3 is 2.17 bits per heavy atom. The summed E-state index contributed by atoms with van der Waals surface area (Å²) in [4.78, 5) is 2.76. The van der Waals surface area contributed by atoms with Crippen molar-refractivity contribution in [3.63, 3.8) is 0 Å². The zero-order valence-electron chi connectivity index (χ0n) is 7.80. The minimum atomic E-state index is 0.825. The molecule has 2 fully saturated rings. The summed E-state index contributed by atoms with van der Waals surface area (Å²) in [7, 11) is 0. The van der Waals surface area contributed by atoms with E-state index in [-0.39, 0.29) is 0 Å². The van der Waals surface area contributed by atoms with Crippen LogP contribution in [0.1, 0.15) is 32.6 Å². The lowest BCUT2D eigenvalue weighted by Gasteiger charge is -2.24. The Hall–Kier alpha value is 0.440. The first-order valence-electron chi connectivity index (χ1n) is 5.13. The summed E-state index contributed by atoms with van der Waals surface area (Å²) in [5.74, 6) is 0.825. The molecular formula is C10H18BrN. The van der Waals surface area contributed by atoms with Crippen molar-refractivity contribution in [2.75, 3.05) is 11.9 Å². The smallest absolute Gasteiger partial charge is 0.00994 e. The second kappa shape index (κ2) is 3.67. The fourth-order valence-electron chi connectivity index (χ4n) is 2.73. The van der Waals surface area contributed by atoms with E-state index in [1.807, 2.05) is 0 Å². The summed E-state index contributed by atoms with van der Waals surface area (Å²) in [6.45, 7) is 3.66. The van der Waals surface area contributed by atoms with E-state index in [2.05, 4.69) is 27.8 Å². The van der Waals surface area contributed by atoms with Crippen molar-refractivity contribution in [1.82, 2.24) is 4.90 Å². The third kappa shape index (κ3) is 1.56. The zero-order chi connectivity index (χ0) is 8.55. The molecule has 0 saturated carbocycles. The van der Waals surface area contributed by atoms with Gasteiger partial charge in [-0.2, -0.15) is 0 Å². The Balaban J connectivity index is 1.88. The highest BCUT2D eigenvalue weighted by Crippen LogP contribution is 2.37. The molecule has 2 bridgehead atoms. The number of hydrogen-bond donors (Lipinski definition) is 0. The molecule has 0 aromatic heterocycles. The number of halogens is 1. The third-order valence-corrected chi connectivity index (χ3v) is 4.50.